The second kappa shape index (κ2) is 6.95. The number of piperidine rings is 1. The van der Waals surface area contributed by atoms with E-state index in [9.17, 15) is 13.2 Å². The normalized spacial score (nSPS) is 16.1. The lowest BCUT2D eigenvalue weighted by Gasteiger charge is -2.34. The topological polar surface area (TPSA) is 67.1 Å². The number of nitrogens with one attached hydrogen (secondary N) is 1. The van der Waals surface area contributed by atoms with E-state index >= 15 is 0 Å². The van der Waals surface area contributed by atoms with Crippen LogP contribution in [0.15, 0.2) is 30.6 Å². The summed E-state index contributed by atoms with van der Waals surface area (Å²) in [5.41, 5.74) is 5.60. The van der Waals surface area contributed by atoms with Gasteiger partial charge in [-0.15, -0.1) is 0 Å². The zero-order valence-electron chi connectivity index (χ0n) is 13.2. The lowest BCUT2D eigenvalue weighted by molar-refractivity contribution is -0.137. The number of aromatic nitrogens is 2. The third-order valence-corrected chi connectivity index (χ3v) is 4.56. The van der Waals surface area contributed by atoms with Crippen molar-refractivity contribution in [3.8, 4) is 0 Å². The minimum absolute atomic E-state index is 0.119. The van der Waals surface area contributed by atoms with Crippen molar-refractivity contribution in [2.45, 2.75) is 25.1 Å². The summed E-state index contributed by atoms with van der Waals surface area (Å²) < 4.78 is 38.5. The second-order valence-electron chi connectivity index (χ2n) is 5.88. The number of alkyl halides is 3. The van der Waals surface area contributed by atoms with Crippen molar-refractivity contribution in [3.63, 3.8) is 0 Å². The van der Waals surface area contributed by atoms with Crippen LogP contribution in [0.1, 0.15) is 18.4 Å². The second-order valence-corrected chi connectivity index (χ2v) is 6.25. The van der Waals surface area contributed by atoms with Crippen LogP contribution >= 0.6 is 11.6 Å². The molecule has 0 atom stereocenters. The highest BCUT2D eigenvalue weighted by atomic mass is 35.5. The van der Waals surface area contributed by atoms with E-state index < -0.39 is 11.7 Å². The van der Waals surface area contributed by atoms with Crippen molar-refractivity contribution < 1.29 is 13.2 Å². The molecule has 0 aliphatic carbocycles. The quantitative estimate of drug-likeness (QED) is 0.858. The van der Waals surface area contributed by atoms with Crippen molar-refractivity contribution >= 4 is 28.9 Å². The molecular formula is C16H17ClF3N5. The molecule has 0 radical (unpaired) electrons. The van der Waals surface area contributed by atoms with Gasteiger partial charge in [0.1, 0.15) is 17.2 Å². The number of anilines is 3. The Bertz CT molecular complexity index is 745. The molecule has 0 unspecified atom stereocenters. The minimum Gasteiger partial charge on any atom is -0.382 e. The van der Waals surface area contributed by atoms with Crippen molar-refractivity contribution in [2.24, 2.45) is 0 Å². The third kappa shape index (κ3) is 4.07. The van der Waals surface area contributed by atoms with Gasteiger partial charge in [0.05, 0.1) is 5.56 Å². The molecule has 0 amide bonds. The molecule has 25 heavy (non-hydrogen) atoms. The van der Waals surface area contributed by atoms with Crippen LogP contribution in [-0.2, 0) is 6.18 Å². The number of hydrogen-bond acceptors (Lipinski definition) is 5. The van der Waals surface area contributed by atoms with Gasteiger partial charge in [-0.1, -0.05) is 17.7 Å². The van der Waals surface area contributed by atoms with E-state index in [0.29, 0.717) is 24.6 Å². The molecule has 0 spiro atoms. The number of rotatable bonds is 3. The Kier molecular flexibility index (Phi) is 4.89. The van der Waals surface area contributed by atoms with Crippen LogP contribution in [-0.4, -0.2) is 29.1 Å². The molecule has 2 aromatic rings. The highest BCUT2D eigenvalue weighted by Crippen LogP contribution is 2.32. The van der Waals surface area contributed by atoms with Crippen molar-refractivity contribution in [1.82, 2.24) is 9.97 Å². The first kappa shape index (κ1) is 17.6. The molecule has 3 N–H and O–H groups in total. The van der Waals surface area contributed by atoms with Gasteiger partial charge >= 0.3 is 6.18 Å². The van der Waals surface area contributed by atoms with Gasteiger partial charge < -0.3 is 16.0 Å². The van der Waals surface area contributed by atoms with Crippen LogP contribution in [0.25, 0.3) is 0 Å². The molecule has 1 fully saturated rings. The first-order valence-corrected chi connectivity index (χ1v) is 8.17. The monoisotopic (exact) mass is 371 g/mol. The first-order valence-electron chi connectivity index (χ1n) is 7.79. The zero-order chi connectivity index (χ0) is 18.0. The van der Waals surface area contributed by atoms with E-state index in [4.69, 9.17) is 17.3 Å². The van der Waals surface area contributed by atoms with Gasteiger partial charge in [-0.3, -0.25) is 0 Å². The van der Waals surface area contributed by atoms with Gasteiger partial charge in [0, 0.05) is 24.8 Å². The number of halogens is 4. The molecule has 0 saturated carbocycles. The lowest BCUT2D eigenvalue weighted by atomic mass is 10.0. The molecule has 5 nitrogen and oxygen atoms in total. The van der Waals surface area contributed by atoms with Crippen molar-refractivity contribution in [2.75, 3.05) is 29.0 Å². The molecular weight excluding hydrogens is 355 g/mol. The van der Waals surface area contributed by atoms with E-state index in [1.807, 2.05) is 4.90 Å². The molecule has 3 rings (SSSR count). The first-order chi connectivity index (χ1) is 11.8. The van der Waals surface area contributed by atoms with Crippen LogP contribution in [0.5, 0.6) is 0 Å². The maximum Gasteiger partial charge on any atom is 0.416 e. The third-order valence-electron chi connectivity index (χ3n) is 4.19. The number of nitrogen functional groups attached to an aromatic ring is 1. The smallest absolute Gasteiger partial charge is 0.382 e. The SMILES string of the molecule is Nc1ncnc(NC2CCN(c3cccc(C(F)(F)F)c3)CC2)c1Cl. The Labute approximate surface area is 148 Å². The predicted molar refractivity (Wildman–Crippen MR) is 91.8 cm³/mol. The average molecular weight is 372 g/mol. The molecule has 0 bridgehead atoms. The average Bonchev–Trinajstić information content (AvgIpc) is 2.59. The van der Waals surface area contributed by atoms with E-state index in [1.165, 1.54) is 18.5 Å². The minimum atomic E-state index is -4.33. The van der Waals surface area contributed by atoms with Crippen LogP contribution in [0, 0.1) is 0 Å². The summed E-state index contributed by atoms with van der Waals surface area (Å²) in [5.74, 6) is 0.687. The van der Waals surface area contributed by atoms with Crippen LogP contribution in [0.3, 0.4) is 0 Å². The Morgan fingerprint density at radius 1 is 1.20 bits per heavy atom. The molecule has 1 aliphatic rings. The number of benzene rings is 1. The van der Waals surface area contributed by atoms with Gasteiger partial charge in [0.15, 0.2) is 5.82 Å². The Balaban J connectivity index is 1.63. The molecule has 1 saturated heterocycles. The number of hydrogen-bond donors (Lipinski definition) is 2. The summed E-state index contributed by atoms with van der Waals surface area (Å²) in [6.45, 7) is 1.27. The molecule has 2 heterocycles. The van der Waals surface area contributed by atoms with Crippen LogP contribution in [0.2, 0.25) is 5.02 Å². The van der Waals surface area contributed by atoms with Crippen LogP contribution in [0.4, 0.5) is 30.5 Å². The fourth-order valence-electron chi connectivity index (χ4n) is 2.84. The standard InChI is InChI=1S/C16H17ClF3N5/c17-13-14(21)22-9-23-15(13)24-11-4-6-25(7-5-11)12-3-1-2-10(8-12)16(18,19)20/h1-3,8-9,11H,4-7H2,(H3,21,22,23,24). The highest BCUT2D eigenvalue weighted by Gasteiger charge is 2.31. The van der Waals surface area contributed by atoms with Gasteiger partial charge in [-0.2, -0.15) is 13.2 Å². The van der Waals surface area contributed by atoms with E-state index in [-0.39, 0.29) is 16.9 Å². The lowest BCUT2D eigenvalue weighted by Crippen LogP contribution is -2.39. The highest BCUT2D eigenvalue weighted by molar-refractivity contribution is 6.35. The maximum absolute atomic E-state index is 12.8. The summed E-state index contributed by atoms with van der Waals surface area (Å²) in [6.07, 6.45) is -1.51. The summed E-state index contributed by atoms with van der Waals surface area (Å²) in [7, 11) is 0. The van der Waals surface area contributed by atoms with Gasteiger partial charge in [-0.05, 0) is 31.0 Å². The Morgan fingerprint density at radius 2 is 1.92 bits per heavy atom. The molecule has 1 aliphatic heterocycles. The molecule has 1 aromatic heterocycles. The Hall–Kier alpha value is -2.22. The predicted octanol–water partition coefficient (Wildman–Crippen LogP) is 3.81. The number of nitrogens with zero attached hydrogens (tertiary/aromatic N) is 3. The van der Waals surface area contributed by atoms with E-state index in [2.05, 4.69) is 15.3 Å². The molecule has 1 aromatic carbocycles. The maximum atomic E-state index is 12.8. The van der Waals surface area contributed by atoms with Gasteiger partial charge in [0.25, 0.3) is 0 Å². The van der Waals surface area contributed by atoms with E-state index in [0.717, 1.165) is 18.9 Å². The van der Waals surface area contributed by atoms with Crippen molar-refractivity contribution in [1.29, 1.82) is 0 Å². The number of nitrogens with two attached hydrogens (primary N) is 1. The van der Waals surface area contributed by atoms with E-state index in [1.54, 1.807) is 6.07 Å². The summed E-state index contributed by atoms with van der Waals surface area (Å²) in [6, 6.07) is 5.53. The Morgan fingerprint density at radius 3 is 2.60 bits per heavy atom. The van der Waals surface area contributed by atoms with Gasteiger partial charge in [-0.25, -0.2) is 9.97 Å². The fourth-order valence-corrected chi connectivity index (χ4v) is 2.99. The summed E-state index contributed by atoms with van der Waals surface area (Å²) in [5, 5.41) is 3.51. The largest absolute Gasteiger partial charge is 0.416 e. The summed E-state index contributed by atoms with van der Waals surface area (Å²) in [4.78, 5) is 9.83. The summed E-state index contributed by atoms with van der Waals surface area (Å²) >= 11 is 6.07. The van der Waals surface area contributed by atoms with Gasteiger partial charge in [0.2, 0.25) is 0 Å². The van der Waals surface area contributed by atoms with Crippen LogP contribution < -0.4 is 16.0 Å². The molecule has 134 valence electrons. The van der Waals surface area contributed by atoms with Crippen molar-refractivity contribution in [3.05, 3.63) is 41.2 Å². The fraction of sp³-hybridized carbons (Fsp3) is 0.375. The zero-order valence-corrected chi connectivity index (χ0v) is 14.0. The molecule has 9 heteroatoms.